The van der Waals surface area contributed by atoms with E-state index in [1.165, 1.54) is 5.69 Å². The number of hydrogen-bond acceptors (Lipinski definition) is 1. The molecule has 1 heterocycles. The molecule has 0 saturated carbocycles. The topological polar surface area (TPSA) is 16.8 Å². The van der Waals surface area contributed by atoms with Crippen molar-refractivity contribution in [3.63, 3.8) is 0 Å². The summed E-state index contributed by atoms with van der Waals surface area (Å²) in [5.41, 5.74) is 1.21. The summed E-state index contributed by atoms with van der Waals surface area (Å²) in [5.74, 6) is 0. The summed E-state index contributed by atoms with van der Waals surface area (Å²) in [6, 6.07) is 1.96. The summed E-state index contributed by atoms with van der Waals surface area (Å²) in [5, 5.41) is 0. The molecule has 3 heteroatoms. The van der Waals surface area contributed by atoms with Crippen molar-refractivity contribution in [2.45, 2.75) is 6.92 Å². The number of aromatic nitrogens is 2. The highest BCUT2D eigenvalue weighted by molar-refractivity contribution is 14.1. The Bertz CT molecular complexity index is 167. The second-order valence-corrected chi connectivity index (χ2v) is 2.57. The van der Waals surface area contributed by atoms with Gasteiger partial charge in [-0.2, -0.15) is 2.78 Å². The van der Waals surface area contributed by atoms with E-state index in [1.807, 2.05) is 15.8 Å². The van der Waals surface area contributed by atoms with E-state index in [0.717, 1.165) is 0 Å². The van der Waals surface area contributed by atoms with Gasteiger partial charge in [0.15, 0.2) is 0 Å². The minimum atomic E-state index is 1.21. The average molecular weight is 221 g/mol. The van der Waals surface area contributed by atoms with Crippen LogP contribution in [0.4, 0.5) is 0 Å². The van der Waals surface area contributed by atoms with E-state index in [9.17, 15) is 0 Å². The molecule has 0 unspecified atom stereocenters. The zero-order chi connectivity index (χ0) is 5.98. The smallest absolute Gasteiger partial charge is 0.174 e. The first-order valence-electron chi connectivity index (χ1n) is 2.29. The molecule has 0 amide bonds. The monoisotopic (exact) mass is 221 g/mol. The second-order valence-electron chi connectivity index (χ2n) is 1.53. The lowest BCUT2D eigenvalue weighted by Gasteiger charge is -1.85. The Morgan fingerprint density at radius 2 is 2.50 bits per heavy atom. The molecule has 0 radical (unpaired) electrons. The Morgan fingerprint density at radius 3 is 2.88 bits per heavy atom. The summed E-state index contributed by atoms with van der Waals surface area (Å²) in [6.07, 6.45) is 3.56. The zero-order valence-electron chi connectivity index (χ0n) is 4.50. The van der Waals surface area contributed by atoms with Crippen LogP contribution >= 0.6 is 22.9 Å². The highest BCUT2D eigenvalue weighted by Crippen LogP contribution is 1.85. The van der Waals surface area contributed by atoms with Gasteiger partial charge in [-0.1, -0.05) is 4.98 Å². The van der Waals surface area contributed by atoms with E-state index in [4.69, 9.17) is 0 Å². The maximum atomic E-state index is 3.90. The van der Waals surface area contributed by atoms with Crippen molar-refractivity contribution in [2.24, 2.45) is 0 Å². The zero-order valence-corrected chi connectivity index (χ0v) is 6.66. The van der Waals surface area contributed by atoms with E-state index in [2.05, 4.69) is 27.8 Å². The van der Waals surface area contributed by atoms with Crippen LogP contribution in [-0.2, 0) is 0 Å². The first-order chi connectivity index (χ1) is 3.80. The third-order valence-electron chi connectivity index (χ3n) is 0.907. The molecule has 0 atom stereocenters. The van der Waals surface area contributed by atoms with Gasteiger partial charge in [0.2, 0.25) is 22.9 Å². The van der Waals surface area contributed by atoms with Crippen LogP contribution in [0.3, 0.4) is 0 Å². The summed E-state index contributed by atoms with van der Waals surface area (Å²) in [7, 11) is 0. The van der Waals surface area contributed by atoms with Gasteiger partial charge < -0.3 is 0 Å². The van der Waals surface area contributed by atoms with Gasteiger partial charge in [0.05, 0.1) is 0 Å². The summed E-state index contributed by atoms with van der Waals surface area (Å²) < 4.78 is 1.94. The number of hydrogen-bond donors (Lipinski definition) is 0. The molecule has 0 saturated heterocycles. The van der Waals surface area contributed by atoms with Gasteiger partial charge in [0.1, 0.15) is 11.9 Å². The van der Waals surface area contributed by atoms with Crippen LogP contribution in [0.15, 0.2) is 18.6 Å². The molecule has 1 aromatic heterocycles. The largest absolute Gasteiger partial charge is 0.294 e. The molecule has 8 heavy (non-hydrogen) atoms. The molecule has 1 rings (SSSR count). The third kappa shape index (κ3) is 1.15. The second kappa shape index (κ2) is 2.39. The fraction of sp³-hybridized carbons (Fsp3) is 0.200. The predicted molar refractivity (Wildman–Crippen MR) is 38.6 cm³/mol. The van der Waals surface area contributed by atoms with Crippen LogP contribution in [0.1, 0.15) is 5.69 Å². The SMILES string of the molecule is Cc1ccnc[n+]1I. The van der Waals surface area contributed by atoms with Crippen LogP contribution in [0.2, 0.25) is 0 Å². The minimum absolute atomic E-state index is 1.21. The van der Waals surface area contributed by atoms with E-state index < -0.39 is 0 Å². The number of aryl methyl sites for hydroxylation is 1. The van der Waals surface area contributed by atoms with Gasteiger partial charge in [-0.15, -0.1) is 0 Å². The standard InChI is InChI=1S/C5H6IN2/c1-5-2-3-7-4-8(5)6/h2-4H,1H3/q+1. The molecular weight excluding hydrogens is 215 g/mol. The van der Waals surface area contributed by atoms with Gasteiger partial charge in [-0.3, -0.25) is 0 Å². The first kappa shape index (κ1) is 5.94. The summed E-state index contributed by atoms with van der Waals surface area (Å²) in [4.78, 5) is 3.90. The molecule has 0 N–H and O–H groups in total. The average Bonchev–Trinajstić information content (AvgIpc) is 1.77. The van der Waals surface area contributed by atoms with Gasteiger partial charge in [0, 0.05) is 6.07 Å². The molecule has 0 fully saturated rings. The van der Waals surface area contributed by atoms with Gasteiger partial charge in [-0.25, -0.2) is 0 Å². The van der Waals surface area contributed by atoms with Crippen LogP contribution in [-0.4, -0.2) is 4.98 Å². The van der Waals surface area contributed by atoms with Gasteiger partial charge in [0.25, 0.3) is 6.33 Å². The molecule has 0 aliphatic rings. The van der Waals surface area contributed by atoms with Crippen molar-refractivity contribution in [1.29, 1.82) is 0 Å². The maximum absolute atomic E-state index is 3.90. The molecule has 0 aromatic carbocycles. The third-order valence-corrected chi connectivity index (χ3v) is 1.92. The van der Waals surface area contributed by atoms with Gasteiger partial charge in [-0.05, 0) is 6.92 Å². The molecule has 0 spiro atoms. The van der Waals surface area contributed by atoms with Crippen LogP contribution in [0.25, 0.3) is 0 Å². The Hall–Kier alpha value is -0.190. The lowest BCUT2D eigenvalue weighted by molar-refractivity contribution is -0.453. The molecular formula is C5H6IN2+. The highest BCUT2D eigenvalue weighted by Gasteiger charge is 1.93. The Morgan fingerprint density at radius 1 is 1.75 bits per heavy atom. The first-order valence-corrected chi connectivity index (χ1v) is 3.25. The van der Waals surface area contributed by atoms with Crippen LogP contribution in [0.5, 0.6) is 0 Å². The van der Waals surface area contributed by atoms with E-state index in [0.29, 0.717) is 0 Å². The minimum Gasteiger partial charge on any atom is -0.174 e. The molecule has 42 valence electrons. The highest BCUT2D eigenvalue weighted by atomic mass is 127. The fourth-order valence-electron chi connectivity index (χ4n) is 0.410. The van der Waals surface area contributed by atoms with Crippen molar-refractivity contribution >= 4 is 22.9 Å². The Labute approximate surface area is 62.1 Å². The Balaban J connectivity index is 3.13. The van der Waals surface area contributed by atoms with Crippen LogP contribution < -0.4 is 2.78 Å². The molecule has 0 aliphatic heterocycles. The quantitative estimate of drug-likeness (QED) is 0.594. The van der Waals surface area contributed by atoms with Crippen molar-refractivity contribution < 1.29 is 2.78 Å². The Kier molecular flexibility index (Phi) is 1.77. The summed E-state index contributed by atoms with van der Waals surface area (Å²) >= 11 is 2.18. The van der Waals surface area contributed by atoms with E-state index >= 15 is 0 Å². The van der Waals surface area contributed by atoms with Crippen molar-refractivity contribution in [3.8, 4) is 0 Å². The van der Waals surface area contributed by atoms with Crippen molar-refractivity contribution in [2.75, 3.05) is 0 Å². The van der Waals surface area contributed by atoms with Gasteiger partial charge >= 0.3 is 0 Å². The number of nitrogens with zero attached hydrogens (tertiary/aromatic N) is 2. The summed E-state index contributed by atoms with van der Waals surface area (Å²) in [6.45, 7) is 2.04. The van der Waals surface area contributed by atoms with E-state index in [-0.39, 0.29) is 0 Å². The van der Waals surface area contributed by atoms with Crippen LogP contribution in [0, 0.1) is 6.92 Å². The number of halogens is 1. The fourth-order valence-corrected chi connectivity index (χ4v) is 0.715. The number of rotatable bonds is 0. The van der Waals surface area contributed by atoms with Crippen molar-refractivity contribution in [3.05, 3.63) is 24.3 Å². The van der Waals surface area contributed by atoms with E-state index in [1.54, 1.807) is 12.5 Å². The van der Waals surface area contributed by atoms with Crippen molar-refractivity contribution in [1.82, 2.24) is 4.98 Å². The molecule has 1 aromatic rings. The lowest BCUT2D eigenvalue weighted by atomic mass is 10.5. The molecule has 0 aliphatic carbocycles. The molecule has 2 nitrogen and oxygen atoms in total. The predicted octanol–water partition coefficient (Wildman–Crippen LogP) is 0.876. The molecule has 0 bridgehead atoms. The lowest BCUT2D eigenvalue weighted by Crippen LogP contribution is -2.22. The maximum Gasteiger partial charge on any atom is 0.294 e. The normalized spacial score (nSPS) is 9.25.